The summed E-state index contributed by atoms with van der Waals surface area (Å²) >= 11 is 0. The van der Waals surface area contributed by atoms with E-state index in [-0.39, 0.29) is 12.4 Å². The number of aryl methyl sites for hydroxylation is 1. The van der Waals surface area contributed by atoms with Crippen LogP contribution in [-0.2, 0) is 6.54 Å². The quantitative estimate of drug-likeness (QED) is 0.512. The number of aromatic nitrogens is 2. The van der Waals surface area contributed by atoms with Crippen molar-refractivity contribution in [2.24, 2.45) is 0 Å². The van der Waals surface area contributed by atoms with Crippen LogP contribution in [0, 0.1) is 17.9 Å². The summed E-state index contributed by atoms with van der Waals surface area (Å²) in [4.78, 5) is 4.33. The number of halogens is 1. The molecule has 3 aromatic rings. The minimum Gasteiger partial charge on any atom is -0.623 e. The molecule has 0 atom stereocenters. The zero-order valence-corrected chi connectivity index (χ0v) is 12.5. The van der Waals surface area contributed by atoms with Crippen LogP contribution in [0.2, 0.25) is 0 Å². The fourth-order valence-electron chi connectivity index (χ4n) is 3.06. The Morgan fingerprint density at radius 3 is 2.74 bits per heavy atom. The lowest BCUT2D eigenvalue weighted by molar-refractivity contribution is -0.475. The van der Waals surface area contributed by atoms with Crippen molar-refractivity contribution in [1.82, 2.24) is 9.55 Å². The summed E-state index contributed by atoms with van der Waals surface area (Å²) in [5.74, 6) is 0.281. The zero-order chi connectivity index (χ0) is 16.0. The summed E-state index contributed by atoms with van der Waals surface area (Å²) < 4.78 is 16.7. The highest BCUT2D eigenvalue weighted by molar-refractivity contribution is 6.12. The van der Waals surface area contributed by atoms with Gasteiger partial charge >= 0.3 is 0 Å². The molecular formula is C18H14FN3O. The lowest BCUT2D eigenvalue weighted by Gasteiger charge is -2.11. The van der Waals surface area contributed by atoms with E-state index in [1.165, 1.54) is 12.1 Å². The van der Waals surface area contributed by atoms with Crippen molar-refractivity contribution in [3.05, 3.63) is 88.4 Å². The first-order valence-electron chi connectivity index (χ1n) is 7.35. The number of benzene rings is 2. The molecule has 4 nitrogen and oxygen atoms in total. The van der Waals surface area contributed by atoms with E-state index in [4.69, 9.17) is 0 Å². The van der Waals surface area contributed by atoms with Crippen LogP contribution in [-0.4, -0.2) is 20.0 Å². The number of rotatable bonds is 1. The fourth-order valence-corrected chi connectivity index (χ4v) is 3.06. The van der Waals surface area contributed by atoms with Crippen LogP contribution in [0.5, 0.6) is 0 Å². The summed E-state index contributed by atoms with van der Waals surface area (Å²) in [6.07, 6.45) is 1.73. The van der Waals surface area contributed by atoms with Crippen LogP contribution in [0.4, 0.5) is 4.39 Å². The molecule has 0 spiro atoms. The van der Waals surface area contributed by atoms with Gasteiger partial charge in [-0.15, -0.1) is 0 Å². The van der Waals surface area contributed by atoms with Crippen LogP contribution in [0.3, 0.4) is 0 Å². The Bertz CT molecular complexity index is 929. The van der Waals surface area contributed by atoms with Gasteiger partial charge in [-0.3, -0.25) is 4.57 Å². The molecular weight excluding hydrogens is 293 g/mol. The molecule has 0 saturated carbocycles. The molecule has 2 heterocycles. The largest absolute Gasteiger partial charge is 0.623 e. The van der Waals surface area contributed by atoms with Crippen molar-refractivity contribution >= 4 is 5.71 Å². The molecule has 2 aromatic carbocycles. The number of imidazole rings is 1. The molecule has 1 aromatic heterocycles. The van der Waals surface area contributed by atoms with Crippen LogP contribution >= 0.6 is 0 Å². The number of nitrogens with zero attached hydrogens (tertiary/aromatic N) is 3. The number of hydrogen-bond acceptors (Lipinski definition) is 2. The third kappa shape index (κ3) is 2.12. The average molecular weight is 307 g/mol. The molecule has 0 amide bonds. The van der Waals surface area contributed by atoms with E-state index in [1.807, 2.05) is 41.8 Å². The van der Waals surface area contributed by atoms with Crippen LogP contribution in [0.1, 0.15) is 22.6 Å². The monoisotopic (exact) mass is 307 g/mol. The molecule has 0 bridgehead atoms. The van der Waals surface area contributed by atoms with Gasteiger partial charge in [-0.2, -0.15) is 4.74 Å². The van der Waals surface area contributed by atoms with Gasteiger partial charge in [0.2, 0.25) is 12.3 Å². The first-order valence-corrected chi connectivity index (χ1v) is 7.35. The normalized spacial score (nSPS) is 13.5. The predicted molar refractivity (Wildman–Crippen MR) is 85.2 cm³/mol. The van der Waals surface area contributed by atoms with Crippen LogP contribution in [0.15, 0.2) is 54.7 Å². The summed E-state index contributed by atoms with van der Waals surface area (Å²) in [5, 5.41) is 12.8. The highest BCUT2D eigenvalue weighted by atomic mass is 19.1. The minimum atomic E-state index is -0.369. The van der Waals surface area contributed by atoms with Crippen molar-refractivity contribution in [1.29, 1.82) is 0 Å². The molecule has 0 unspecified atom stereocenters. The van der Waals surface area contributed by atoms with Crippen LogP contribution in [0.25, 0.3) is 5.69 Å². The number of fused-ring (bicyclic) bond motifs is 3. The number of hydrogen-bond donors (Lipinski definition) is 0. The molecule has 0 N–H and O–H groups in total. The Kier molecular flexibility index (Phi) is 3.01. The van der Waals surface area contributed by atoms with Crippen molar-refractivity contribution in [2.75, 3.05) is 0 Å². The predicted octanol–water partition coefficient (Wildman–Crippen LogP) is 3.18. The van der Waals surface area contributed by atoms with Gasteiger partial charge in [0.15, 0.2) is 5.82 Å². The van der Waals surface area contributed by atoms with Gasteiger partial charge in [0, 0.05) is 17.5 Å². The Morgan fingerprint density at radius 2 is 1.96 bits per heavy atom. The minimum absolute atomic E-state index is 0.119. The fraction of sp³-hybridized carbons (Fsp3) is 0.111. The van der Waals surface area contributed by atoms with Gasteiger partial charge in [-0.05, 0) is 37.3 Å². The average Bonchev–Trinajstić information content (AvgIpc) is 2.84. The summed E-state index contributed by atoms with van der Waals surface area (Å²) in [6.45, 7) is 2.04. The molecule has 0 saturated heterocycles. The van der Waals surface area contributed by atoms with Gasteiger partial charge in [-0.1, -0.05) is 18.2 Å². The van der Waals surface area contributed by atoms with Crippen molar-refractivity contribution in [3.8, 4) is 5.69 Å². The molecule has 0 fully saturated rings. The molecule has 0 aliphatic carbocycles. The highest BCUT2D eigenvalue weighted by Crippen LogP contribution is 2.26. The maximum absolute atomic E-state index is 13.9. The Morgan fingerprint density at radius 1 is 1.17 bits per heavy atom. The molecule has 5 heteroatoms. The van der Waals surface area contributed by atoms with Gasteiger partial charge in [-0.25, -0.2) is 9.37 Å². The SMILES string of the molecule is Cc1cnc2n1-c1ccc(F)cc1C(c1ccccc1)=[N+]([O-])C2. The van der Waals surface area contributed by atoms with Gasteiger partial charge < -0.3 is 5.21 Å². The molecule has 0 radical (unpaired) electrons. The first-order chi connectivity index (χ1) is 11.1. The van der Waals surface area contributed by atoms with E-state index < -0.39 is 0 Å². The Labute approximate surface area is 132 Å². The van der Waals surface area contributed by atoms with E-state index in [0.29, 0.717) is 17.1 Å². The molecule has 1 aliphatic rings. The molecule has 23 heavy (non-hydrogen) atoms. The zero-order valence-electron chi connectivity index (χ0n) is 12.5. The van der Waals surface area contributed by atoms with E-state index in [9.17, 15) is 9.60 Å². The third-order valence-corrected chi connectivity index (χ3v) is 4.05. The lowest BCUT2D eigenvalue weighted by Crippen LogP contribution is -2.17. The molecule has 1 aliphatic heterocycles. The Balaban J connectivity index is 2.07. The smallest absolute Gasteiger partial charge is 0.228 e. The van der Waals surface area contributed by atoms with Crippen molar-refractivity contribution in [3.63, 3.8) is 0 Å². The van der Waals surface area contributed by atoms with Gasteiger partial charge in [0.25, 0.3) is 0 Å². The summed E-state index contributed by atoms with van der Waals surface area (Å²) in [5.41, 5.74) is 3.48. The standard InChI is InChI=1S/C18H14FN3O/c1-12-10-20-17-11-21(23)18(13-5-3-2-4-6-13)15-9-14(19)7-8-16(15)22(12)17/h2-10H,11H2,1H3. The van der Waals surface area contributed by atoms with Crippen molar-refractivity contribution in [2.45, 2.75) is 13.5 Å². The van der Waals surface area contributed by atoms with Gasteiger partial charge in [0.05, 0.1) is 11.3 Å². The maximum Gasteiger partial charge on any atom is 0.228 e. The van der Waals surface area contributed by atoms with Gasteiger partial charge in [0.1, 0.15) is 5.82 Å². The van der Waals surface area contributed by atoms with Crippen LogP contribution < -0.4 is 0 Å². The summed E-state index contributed by atoms with van der Waals surface area (Å²) in [7, 11) is 0. The highest BCUT2D eigenvalue weighted by Gasteiger charge is 2.27. The second kappa shape index (κ2) is 5.05. The third-order valence-electron chi connectivity index (χ3n) is 4.05. The van der Waals surface area contributed by atoms with Crippen molar-refractivity contribution < 1.29 is 9.13 Å². The van der Waals surface area contributed by atoms with E-state index in [2.05, 4.69) is 4.98 Å². The first kappa shape index (κ1) is 13.7. The maximum atomic E-state index is 13.9. The second-order valence-corrected chi connectivity index (χ2v) is 5.56. The summed E-state index contributed by atoms with van der Waals surface area (Å²) in [6, 6.07) is 13.9. The molecule has 4 rings (SSSR count). The van der Waals surface area contributed by atoms with E-state index in [1.54, 1.807) is 12.3 Å². The number of hydroxylamine groups is 1. The topological polar surface area (TPSA) is 43.9 Å². The lowest BCUT2D eigenvalue weighted by atomic mass is 10.00. The second-order valence-electron chi connectivity index (χ2n) is 5.56. The van der Waals surface area contributed by atoms with E-state index in [0.717, 1.165) is 21.7 Å². The van der Waals surface area contributed by atoms with E-state index >= 15 is 0 Å². The molecule has 114 valence electrons. The Hall–Kier alpha value is -2.95.